The van der Waals surface area contributed by atoms with Crippen LogP contribution in [0.15, 0.2) is 22.8 Å². The zero-order chi connectivity index (χ0) is 15.2. The van der Waals surface area contributed by atoms with Gasteiger partial charge in [-0.05, 0) is 87.5 Å². The van der Waals surface area contributed by atoms with Crippen LogP contribution < -0.4 is 0 Å². The molecule has 1 N–H and O–H groups in total. The van der Waals surface area contributed by atoms with Gasteiger partial charge in [0, 0.05) is 0 Å². The van der Waals surface area contributed by atoms with Crippen LogP contribution in [0.2, 0.25) is 0 Å². The molecular formula is C20H32O. The average molecular weight is 288 g/mol. The second-order valence-electron chi connectivity index (χ2n) is 8.37. The molecule has 0 aromatic rings. The zero-order valence-corrected chi connectivity index (χ0v) is 14.3. The van der Waals surface area contributed by atoms with Gasteiger partial charge in [0.2, 0.25) is 0 Å². The second-order valence-corrected chi connectivity index (χ2v) is 8.37. The highest BCUT2D eigenvalue weighted by Crippen LogP contribution is 2.58. The Morgan fingerprint density at radius 1 is 1.19 bits per heavy atom. The van der Waals surface area contributed by atoms with E-state index in [9.17, 15) is 5.11 Å². The fourth-order valence-corrected chi connectivity index (χ4v) is 5.52. The summed E-state index contributed by atoms with van der Waals surface area (Å²) in [6.45, 7) is 9.49. The average Bonchev–Trinajstić information content (AvgIpc) is 2.74. The molecule has 5 atom stereocenters. The fraction of sp³-hybridized carbons (Fsp3) is 0.800. The third kappa shape index (κ3) is 2.63. The molecule has 1 saturated carbocycles. The lowest BCUT2D eigenvalue weighted by atomic mass is 9.63. The minimum Gasteiger partial charge on any atom is -0.389 e. The molecule has 3 rings (SSSR count). The Hall–Kier alpha value is -0.560. The summed E-state index contributed by atoms with van der Waals surface area (Å²) in [6, 6.07) is 0. The third-order valence-electron chi connectivity index (χ3n) is 6.83. The first-order valence-corrected chi connectivity index (χ1v) is 8.96. The first-order valence-electron chi connectivity index (χ1n) is 8.96. The van der Waals surface area contributed by atoms with Crippen molar-refractivity contribution < 1.29 is 5.11 Å². The smallest absolute Gasteiger partial charge is 0.0758 e. The lowest BCUT2D eigenvalue weighted by Crippen LogP contribution is -2.37. The molecule has 3 aliphatic carbocycles. The summed E-state index contributed by atoms with van der Waals surface area (Å²) in [5.74, 6) is 2.18. The number of allylic oxidation sites excluding steroid dienone is 3. The zero-order valence-electron chi connectivity index (χ0n) is 14.3. The van der Waals surface area contributed by atoms with E-state index in [-0.39, 0.29) is 6.10 Å². The van der Waals surface area contributed by atoms with Gasteiger partial charge in [0.15, 0.2) is 0 Å². The molecule has 3 aliphatic rings. The number of rotatable bonds is 0. The van der Waals surface area contributed by atoms with Crippen LogP contribution in [-0.2, 0) is 0 Å². The highest BCUT2D eigenvalue weighted by Gasteiger charge is 2.50. The number of hydrogen-bond acceptors (Lipinski definition) is 1. The Labute approximate surface area is 130 Å². The maximum atomic E-state index is 10.7. The fourth-order valence-electron chi connectivity index (χ4n) is 5.52. The molecule has 0 aromatic heterocycles. The highest BCUT2D eigenvalue weighted by atomic mass is 16.3. The van der Waals surface area contributed by atoms with Crippen molar-refractivity contribution in [3.8, 4) is 0 Å². The van der Waals surface area contributed by atoms with Gasteiger partial charge in [-0.2, -0.15) is 0 Å². The predicted octanol–water partition coefficient (Wildman–Crippen LogP) is 5.26. The molecule has 0 radical (unpaired) electrons. The molecule has 1 heteroatoms. The monoisotopic (exact) mass is 288 g/mol. The molecular weight excluding hydrogens is 256 g/mol. The van der Waals surface area contributed by atoms with Gasteiger partial charge in [-0.25, -0.2) is 0 Å². The number of aliphatic hydroxyl groups is 1. The lowest BCUT2D eigenvalue weighted by molar-refractivity contribution is 0.0861. The molecule has 0 spiro atoms. The maximum absolute atomic E-state index is 10.7. The Balaban J connectivity index is 2.04. The summed E-state index contributed by atoms with van der Waals surface area (Å²) in [4.78, 5) is 0. The molecule has 1 unspecified atom stereocenters. The molecule has 21 heavy (non-hydrogen) atoms. The van der Waals surface area contributed by atoms with Gasteiger partial charge in [0.1, 0.15) is 0 Å². The van der Waals surface area contributed by atoms with E-state index in [0.717, 1.165) is 24.7 Å². The largest absolute Gasteiger partial charge is 0.389 e. The van der Waals surface area contributed by atoms with Gasteiger partial charge >= 0.3 is 0 Å². The van der Waals surface area contributed by atoms with Gasteiger partial charge in [0.05, 0.1) is 6.10 Å². The van der Waals surface area contributed by atoms with E-state index in [1.54, 1.807) is 11.1 Å². The van der Waals surface area contributed by atoms with Crippen LogP contribution in [0.3, 0.4) is 0 Å². The normalized spacial score (nSPS) is 46.8. The van der Waals surface area contributed by atoms with Crippen molar-refractivity contribution in [2.75, 3.05) is 0 Å². The molecule has 0 saturated heterocycles. The van der Waals surface area contributed by atoms with Crippen LogP contribution in [0.25, 0.3) is 0 Å². The van der Waals surface area contributed by atoms with Crippen LogP contribution in [0.5, 0.6) is 0 Å². The molecule has 0 aliphatic heterocycles. The molecule has 0 amide bonds. The Morgan fingerprint density at radius 2 is 1.95 bits per heavy atom. The minimum absolute atomic E-state index is 0.178. The molecule has 1 fully saturated rings. The Morgan fingerprint density at radius 3 is 2.71 bits per heavy atom. The Bertz CT molecular complexity index is 472. The standard InChI is InChI=1S/C20H32O/c1-13-6-5-7-14(2)16-10-11-20(4)12-18(21)17(9-8-13)15(3)19(16)20/h7,13,16,18-19,21H,5-6,8-12H2,1-4H3/b14-7+/t13?,16-,18-,19-,20+/m0/s1. The van der Waals surface area contributed by atoms with Crippen molar-refractivity contribution in [3.63, 3.8) is 0 Å². The van der Waals surface area contributed by atoms with Crippen LogP contribution in [-0.4, -0.2) is 11.2 Å². The molecule has 1 nitrogen and oxygen atoms in total. The second kappa shape index (κ2) is 5.57. The third-order valence-corrected chi connectivity index (χ3v) is 6.83. The SMILES string of the molecule is CC1=C2CCC(C)CC/C=C(\C)[C@@H]3CC[C@](C)(C[C@@H]2O)[C@@H]13. The Kier molecular flexibility index (Phi) is 4.07. The van der Waals surface area contributed by atoms with Crippen LogP contribution in [0, 0.1) is 23.2 Å². The topological polar surface area (TPSA) is 20.2 Å². The van der Waals surface area contributed by atoms with Gasteiger partial charge in [-0.1, -0.05) is 31.1 Å². The van der Waals surface area contributed by atoms with Crippen LogP contribution >= 0.6 is 0 Å². The summed E-state index contributed by atoms with van der Waals surface area (Å²) in [7, 11) is 0. The summed E-state index contributed by atoms with van der Waals surface area (Å²) in [5.41, 5.74) is 4.88. The van der Waals surface area contributed by atoms with Crippen molar-refractivity contribution in [2.24, 2.45) is 23.2 Å². The summed E-state index contributed by atoms with van der Waals surface area (Å²) in [6.07, 6.45) is 10.8. The lowest BCUT2D eigenvalue weighted by Gasteiger charge is -2.43. The van der Waals surface area contributed by atoms with Gasteiger partial charge in [-0.3, -0.25) is 0 Å². The van der Waals surface area contributed by atoms with Crippen molar-refractivity contribution in [2.45, 2.75) is 78.7 Å². The van der Waals surface area contributed by atoms with E-state index in [4.69, 9.17) is 0 Å². The van der Waals surface area contributed by atoms with E-state index in [2.05, 4.69) is 33.8 Å². The van der Waals surface area contributed by atoms with Crippen molar-refractivity contribution in [1.29, 1.82) is 0 Å². The van der Waals surface area contributed by atoms with Crippen LogP contribution in [0.4, 0.5) is 0 Å². The number of aliphatic hydroxyl groups excluding tert-OH is 1. The maximum Gasteiger partial charge on any atom is 0.0758 e. The first kappa shape index (κ1) is 15.3. The number of hydrogen-bond donors (Lipinski definition) is 1. The highest BCUT2D eigenvalue weighted by molar-refractivity contribution is 5.31. The van der Waals surface area contributed by atoms with Gasteiger partial charge in [0.25, 0.3) is 0 Å². The summed E-state index contributed by atoms with van der Waals surface area (Å²) >= 11 is 0. The van der Waals surface area contributed by atoms with Gasteiger partial charge < -0.3 is 5.11 Å². The molecule has 0 heterocycles. The van der Waals surface area contributed by atoms with Crippen molar-refractivity contribution in [1.82, 2.24) is 0 Å². The van der Waals surface area contributed by atoms with E-state index < -0.39 is 0 Å². The summed E-state index contributed by atoms with van der Waals surface area (Å²) in [5, 5.41) is 10.7. The first-order chi connectivity index (χ1) is 9.92. The van der Waals surface area contributed by atoms with E-state index in [1.165, 1.54) is 37.7 Å². The van der Waals surface area contributed by atoms with Crippen molar-refractivity contribution in [3.05, 3.63) is 22.8 Å². The van der Waals surface area contributed by atoms with E-state index in [1.807, 2.05) is 0 Å². The van der Waals surface area contributed by atoms with Crippen LogP contribution in [0.1, 0.15) is 72.6 Å². The molecule has 118 valence electrons. The van der Waals surface area contributed by atoms with Crippen molar-refractivity contribution >= 4 is 0 Å². The quantitative estimate of drug-likeness (QED) is 0.603. The summed E-state index contributed by atoms with van der Waals surface area (Å²) < 4.78 is 0. The van der Waals surface area contributed by atoms with Gasteiger partial charge in [-0.15, -0.1) is 0 Å². The van der Waals surface area contributed by atoms with E-state index >= 15 is 0 Å². The predicted molar refractivity (Wildman–Crippen MR) is 89.0 cm³/mol. The van der Waals surface area contributed by atoms with E-state index in [0.29, 0.717) is 11.3 Å². The minimum atomic E-state index is -0.178. The molecule has 2 bridgehead atoms. The molecule has 0 aromatic carbocycles.